The lowest BCUT2D eigenvalue weighted by Gasteiger charge is -1.88. The highest BCUT2D eigenvalue weighted by molar-refractivity contribution is 5.87. The lowest BCUT2D eigenvalue weighted by atomic mass is 10.4. The van der Waals surface area contributed by atoms with Crippen molar-refractivity contribution in [3.63, 3.8) is 0 Å². The summed E-state index contributed by atoms with van der Waals surface area (Å²) in [6.45, 7) is 0. The van der Waals surface area contributed by atoms with Gasteiger partial charge in [0.05, 0.1) is 13.2 Å². The van der Waals surface area contributed by atoms with E-state index in [1.165, 1.54) is 7.11 Å². The lowest BCUT2D eigenvalue weighted by Crippen LogP contribution is -2.00. The normalized spacial score (nSPS) is 8.69. The number of carbonyl (C=O) groups is 1. The minimum Gasteiger partial charge on any atom is -0.464 e. The first kappa shape index (κ1) is 11.4. The molecule has 0 amide bonds. The largest absolute Gasteiger partial charge is 0.464 e. The van der Waals surface area contributed by atoms with Crippen molar-refractivity contribution in [2.75, 3.05) is 7.11 Å². The monoisotopic (exact) mass is 207 g/mol. The third kappa shape index (κ3) is 2.41. The van der Waals surface area contributed by atoms with Crippen LogP contribution in [0.1, 0.15) is 10.5 Å². The van der Waals surface area contributed by atoms with Crippen molar-refractivity contribution in [3.8, 4) is 0 Å². The molecule has 1 heterocycles. The Labute approximate surface area is 78.6 Å². The van der Waals surface area contributed by atoms with Gasteiger partial charge in [-0.05, 0) is 4.92 Å². The van der Waals surface area contributed by atoms with E-state index in [0.717, 1.165) is 6.07 Å². The molecule has 0 fully saturated rings. The summed E-state index contributed by atoms with van der Waals surface area (Å²) in [7, 11) is 1.17. The van der Waals surface area contributed by atoms with Crippen LogP contribution in [0.25, 0.3) is 0 Å². The first-order chi connectivity index (χ1) is 5.65. The molecule has 0 atom stereocenters. The topological polar surface area (TPSA) is 98.1 Å². The standard InChI is InChI=1S/C5H5N3O4.ClH/c1-12-5(9)3-2-4(7-6-3)8(10)11;/h2H,1H3,(H,6,7);1H. The molecule has 72 valence electrons. The Morgan fingerprint density at radius 3 is 2.77 bits per heavy atom. The van der Waals surface area contributed by atoms with E-state index >= 15 is 0 Å². The second-order valence-corrected chi connectivity index (χ2v) is 1.89. The van der Waals surface area contributed by atoms with Crippen LogP contribution >= 0.6 is 12.4 Å². The van der Waals surface area contributed by atoms with Crippen molar-refractivity contribution in [2.45, 2.75) is 0 Å². The second kappa shape index (κ2) is 4.41. The Kier molecular flexibility index (Phi) is 3.86. The Hall–Kier alpha value is -1.63. The minimum atomic E-state index is -0.709. The Morgan fingerprint density at radius 2 is 2.38 bits per heavy atom. The van der Waals surface area contributed by atoms with Crippen molar-refractivity contribution < 1.29 is 14.5 Å². The molecule has 7 nitrogen and oxygen atoms in total. The van der Waals surface area contributed by atoms with Gasteiger partial charge in [-0.25, -0.2) is 4.79 Å². The quantitative estimate of drug-likeness (QED) is 0.433. The zero-order chi connectivity index (χ0) is 9.14. The molecule has 0 saturated heterocycles. The number of aromatic amines is 1. The van der Waals surface area contributed by atoms with Crippen LogP contribution in [0.4, 0.5) is 5.82 Å². The number of nitro groups is 1. The Balaban J connectivity index is 0.00000144. The molecule has 1 N–H and O–H groups in total. The Bertz CT molecular complexity index is 323. The number of nitrogens with one attached hydrogen (secondary N) is 1. The molecule has 0 bridgehead atoms. The van der Waals surface area contributed by atoms with Gasteiger partial charge < -0.3 is 14.9 Å². The number of halogens is 1. The lowest BCUT2D eigenvalue weighted by molar-refractivity contribution is -0.389. The van der Waals surface area contributed by atoms with Crippen molar-refractivity contribution in [2.24, 2.45) is 0 Å². The SMILES string of the molecule is COC(=O)c1cc([N+](=O)[O-])[nH]n1.Cl. The summed E-state index contributed by atoms with van der Waals surface area (Å²) < 4.78 is 4.29. The van der Waals surface area contributed by atoms with E-state index in [-0.39, 0.29) is 23.9 Å². The highest BCUT2D eigenvalue weighted by atomic mass is 35.5. The zero-order valence-electron chi connectivity index (χ0n) is 6.51. The molecule has 0 aliphatic rings. The van der Waals surface area contributed by atoms with Crippen LogP contribution in [-0.2, 0) is 4.74 Å². The van der Waals surface area contributed by atoms with E-state index in [0.29, 0.717) is 0 Å². The highest BCUT2D eigenvalue weighted by Gasteiger charge is 2.15. The van der Waals surface area contributed by atoms with Gasteiger partial charge in [-0.15, -0.1) is 17.5 Å². The zero-order valence-corrected chi connectivity index (χ0v) is 7.33. The van der Waals surface area contributed by atoms with Crippen molar-refractivity contribution >= 4 is 24.2 Å². The number of methoxy groups -OCH3 is 1. The van der Waals surface area contributed by atoms with E-state index in [9.17, 15) is 14.9 Å². The van der Waals surface area contributed by atoms with E-state index < -0.39 is 10.9 Å². The van der Waals surface area contributed by atoms with E-state index in [1.54, 1.807) is 0 Å². The van der Waals surface area contributed by atoms with Crippen LogP contribution in [-0.4, -0.2) is 28.2 Å². The molecule has 13 heavy (non-hydrogen) atoms. The number of hydrogen-bond acceptors (Lipinski definition) is 5. The molecule has 0 radical (unpaired) electrons. The number of esters is 1. The van der Waals surface area contributed by atoms with Crippen LogP contribution in [0, 0.1) is 10.1 Å². The fraction of sp³-hybridized carbons (Fsp3) is 0.200. The average Bonchev–Trinajstić information content (AvgIpc) is 2.51. The van der Waals surface area contributed by atoms with Gasteiger partial charge in [-0.3, -0.25) is 0 Å². The number of hydrogen-bond donors (Lipinski definition) is 1. The van der Waals surface area contributed by atoms with Crippen LogP contribution in [0.5, 0.6) is 0 Å². The number of rotatable bonds is 2. The number of carbonyl (C=O) groups excluding carboxylic acids is 1. The van der Waals surface area contributed by atoms with E-state index in [2.05, 4.69) is 14.9 Å². The van der Waals surface area contributed by atoms with Gasteiger partial charge in [-0.1, -0.05) is 5.10 Å². The summed E-state index contributed by atoms with van der Waals surface area (Å²) in [6, 6.07) is 1.01. The van der Waals surface area contributed by atoms with Gasteiger partial charge in [-0.2, -0.15) is 0 Å². The number of H-pyrrole nitrogens is 1. The molecule has 0 unspecified atom stereocenters. The number of aromatic nitrogens is 2. The second-order valence-electron chi connectivity index (χ2n) is 1.89. The molecule has 0 aliphatic carbocycles. The molecule has 1 aromatic heterocycles. The first-order valence-corrected chi connectivity index (χ1v) is 2.93. The maximum Gasteiger partial charge on any atom is 0.360 e. The summed E-state index contributed by atoms with van der Waals surface area (Å²) in [4.78, 5) is 20.1. The molecular formula is C5H6ClN3O4. The van der Waals surface area contributed by atoms with Crippen LogP contribution in [0.15, 0.2) is 6.07 Å². The van der Waals surface area contributed by atoms with Crippen LogP contribution in [0.3, 0.4) is 0 Å². The van der Waals surface area contributed by atoms with Gasteiger partial charge in [0.25, 0.3) is 0 Å². The van der Waals surface area contributed by atoms with Gasteiger partial charge in [0.15, 0.2) is 5.69 Å². The fourth-order valence-electron chi connectivity index (χ4n) is 0.614. The van der Waals surface area contributed by atoms with Gasteiger partial charge >= 0.3 is 11.8 Å². The van der Waals surface area contributed by atoms with Crippen molar-refractivity contribution in [1.82, 2.24) is 10.2 Å². The molecule has 0 spiro atoms. The third-order valence-electron chi connectivity index (χ3n) is 1.16. The number of ether oxygens (including phenoxy) is 1. The minimum absolute atomic E-state index is 0. The summed E-state index contributed by atoms with van der Waals surface area (Å²) in [5.41, 5.74) is -0.107. The predicted octanol–water partition coefficient (Wildman–Crippen LogP) is 0.526. The number of nitrogens with zero attached hydrogens (tertiary/aromatic N) is 2. The molecular weight excluding hydrogens is 202 g/mol. The molecule has 0 aromatic carbocycles. The van der Waals surface area contributed by atoms with Crippen LogP contribution in [0.2, 0.25) is 0 Å². The third-order valence-corrected chi connectivity index (χ3v) is 1.16. The molecule has 8 heteroatoms. The van der Waals surface area contributed by atoms with Gasteiger partial charge in [0.2, 0.25) is 0 Å². The fourth-order valence-corrected chi connectivity index (χ4v) is 0.614. The first-order valence-electron chi connectivity index (χ1n) is 2.93. The Morgan fingerprint density at radius 1 is 1.77 bits per heavy atom. The van der Waals surface area contributed by atoms with Crippen LogP contribution < -0.4 is 0 Å². The predicted molar refractivity (Wildman–Crippen MR) is 43.8 cm³/mol. The smallest absolute Gasteiger partial charge is 0.360 e. The van der Waals surface area contributed by atoms with E-state index in [1.807, 2.05) is 0 Å². The molecule has 1 rings (SSSR count). The molecule has 1 aromatic rings. The summed E-state index contributed by atoms with van der Waals surface area (Å²) in [5, 5.41) is 15.5. The van der Waals surface area contributed by atoms with Crippen molar-refractivity contribution in [3.05, 3.63) is 21.9 Å². The van der Waals surface area contributed by atoms with E-state index in [4.69, 9.17) is 0 Å². The summed E-state index contributed by atoms with van der Waals surface area (Å²) in [6.07, 6.45) is 0. The highest BCUT2D eigenvalue weighted by Crippen LogP contribution is 2.08. The summed E-state index contributed by atoms with van der Waals surface area (Å²) >= 11 is 0. The van der Waals surface area contributed by atoms with Gasteiger partial charge in [0, 0.05) is 0 Å². The average molecular weight is 208 g/mol. The van der Waals surface area contributed by atoms with Gasteiger partial charge in [0.1, 0.15) is 0 Å². The summed E-state index contributed by atoms with van der Waals surface area (Å²) in [5.74, 6) is -1.05. The molecule has 0 saturated carbocycles. The molecule has 0 aliphatic heterocycles. The maximum atomic E-state index is 10.7. The van der Waals surface area contributed by atoms with Crippen molar-refractivity contribution in [1.29, 1.82) is 0 Å². The maximum absolute atomic E-state index is 10.7.